The lowest BCUT2D eigenvalue weighted by molar-refractivity contribution is 0.185. The number of aryl methyl sites for hydroxylation is 4. The topological polar surface area (TPSA) is 45.2 Å². The minimum absolute atomic E-state index is 0.0475. The number of urea groups is 1. The van der Waals surface area contributed by atoms with Crippen LogP contribution in [0.15, 0.2) is 52.4 Å². The van der Waals surface area contributed by atoms with Crippen molar-refractivity contribution in [3.8, 4) is 0 Å². The molecule has 0 bridgehead atoms. The zero-order chi connectivity index (χ0) is 25.8. The van der Waals surface area contributed by atoms with E-state index in [1.807, 2.05) is 6.92 Å². The van der Waals surface area contributed by atoms with Crippen LogP contribution in [0.2, 0.25) is 0 Å². The molecule has 2 aromatic carbocycles. The van der Waals surface area contributed by atoms with Gasteiger partial charge in [-0.1, -0.05) is 55.8 Å². The summed E-state index contributed by atoms with van der Waals surface area (Å²) in [6.45, 7) is 13.3. The van der Waals surface area contributed by atoms with Gasteiger partial charge in [0.05, 0.1) is 5.69 Å². The predicted molar refractivity (Wildman–Crippen MR) is 155 cm³/mol. The second kappa shape index (κ2) is 11.7. The second-order valence-electron chi connectivity index (χ2n) is 9.57. The van der Waals surface area contributed by atoms with Crippen LogP contribution in [0, 0.1) is 27.7 Å². The van der Waals surface area contributed by atoms with Gasteiger partial charge < -0.3 is 10.2 Å². The third-order valence-corrected chi connectivity index (χ3v) is 8.57. The number of carbonyl (C=O) groups excluding carboxylic acids is 1. The molecule has 1 N–H and O–H groups in total. The molecule has 1 aromatic heterocycles. The smallest absolute Gasteiger partial charge is 0.317 e. The first-order chi connectivity index (χ1) is 17.3. The van der Waals surface area contributed by atoms with E-state index in [0.717, 1.165) is 45.7 Å². The molecule has 0 saturated carbocycles. The van der Waals surface area contributed by atoms with E-state index in [0.29, 0.717) is 6.54 Å². The van der Waals surface area contributed by atoms with Gasteiger partial charge in [0.1, 0.15) is 5.03 Å². The number of anilines is 1. The van der Waals surface area contributed by atoms with Crippen molar-refractivity contribution in [2.24, 2.45) is 0 Å². The molecular weight excluding hydrogens is 482 g/mol. The standard InChI is InChI=1S/C30H37N3OS2/c1-7-35-27-15-22(6)31-29(36-8-2)28(27)32-30(34)33(18-26-20(4)13-19(3)14-21(26)5)25-16-23-11-9-10-12-24(23)17-25/h9-15,25H,7-8,16-18H2,1-6H3,(H,32,34). The highest BCUT2D eigenvalue weighted by molar-refractivity contribution is 8.00. The van der Waals surface area contributed by atoms with Gasteiger partial charge in [0.25, 0.3) is 0 Å². The second-order valence-corrected chi connectivity index (χ2v) is 12.1. The summed E-state index contributed by atoms with van der Waals surface area (Å²) in [4.78, 5) is 22.0. The lowest BCUT2D eigenvalue weighted by atomic mass is 9.98. The number of nitrogens with zero attached hydrogens (tertiary/aromatic N) is 2. The van der Waals surface area contributed by atoms with Crippen molar-refractivity contribution in [1.29, 1.82) is 0 Å². The van der Waals surface area contributed by atoms with Crippen LogP contribution in [0.3, 0.4) is 0 Å². The van der Waals surface area contributed by atoms with E-state index in [9.17, 15) is 4.79 Å². The molecule has 2 amide bonds. The van der Waals surface area contributed by atoms with Gasteiger partial charge in [-0.25, -0.2) is 9.78 Å². The van der Waals surface area contributed by atoms with E-state index in [4.69, 9.17) is 4.98 Å². The van der Waals surface area contributed by atoms with Gasteiger partial charge in [0.15, 0.2) is 0 Å². The Balaban J connectivity index is 1.71. The summed E-state index contributed by atoms with van der Waals surface area (Å²) in [6, 6.07) is 15.2. The molecule has 190 valence electrons. The van der Waals surface area contributed by atoms with E-state index < -0.39 is 0 Å². The van der Waals surface area contributed by atoms with Gasteiger partial charge in [-0.15, -0.1) is 23.5 Å². The molecule has 0 radical (unpaired) electrons. The van der Waals surface area contributed by atoms with Crippen molar-refractivity contribution < 1.29 is 4.79 Å². The number of hydrogen-bond acceptors (Lipinski definition) is 4. The summed E-state index contributed by atoms with van der Waals surface area (Å²) in [7, 11) is 0. The number of pyridine rings is 1. The van der Waals surface area contributed by atoms with Gasteiger partial charge in [-0.2, -0.15) is 0 Å². The van der Waals surface area contributed by atoms with Gasteiger partial charge in [0.2, 0.25) is 0 Å². The van der Waals surface area contributed by atoms with E-state index in [-0.39, 0.29) is 12.1 Å². The average Bonchev–Trinajstić information content (AvgIpc) is 3.24. The fourth-order valence-corrected chi connectivity index (χ4v) is 6.88. The lowest BCUT2D eigenvalue weighted by Crippen LogP contribution is -2.43. The van der Waals surface area contributed by atoms with Crippen molar-refractivity contribution >= 4 is 35.2 Å². The molecule has 1 heterocycles. The van der Waals surface area contributed by atoms with Crippen LogP contribution < -0.4 is 5.32 Å². The first-order valence-electron chi connectivity index (χ1n) is 12.8. The number of benzene rings is 2. The highest BCUT2D eigenvalue weighted by Gasteiger charge is 2.31. The van der Waals surface area contributed by atoms with E-state index >= 15 is 0 Å². The van der Waals surface area contributed by atoms with Gasteiger partial charge in [0, 0.05) is 23.2 Å². The molecule has 3 aromatic rings. The van der Waals surface area contributed by atoms with Crippen molar-refractivity contribution in [3.63, 3.8) is 0 Å². The molecule has 0 aliphatic heterocycles. The highest BCUT2D eigenvalue weighted by atomic mass is 32.2. The summed E-state index contributed by atoms with van der Waals surface area (Å²) in [5.74, 6) is 1.84. The minimum atomic E-state index is -0.0475. The molecule has 1 aliphatic carbocycles. The molecule has 0 spiro atoms. The van der Waals surface area contributed by atoms with Gasteiger partial charge in [-0.3, -0.25) is 0 Å². The number of rotatable bonds is 8. The Kier molecular flexibility index (Phi) is 8.68. The van der Waals surface area contributed by atoms with Crippen molar-refractivity contribution in [1.82, 2.24) is 9.88 Å². The van der Waals surface area contributed by atoms with Crippen LogP contribution in [0.25, 0.3) is 0 Å². The molecule has 0 fully saturated rings. The Morgan fingerprint density at radius 1 is 0.972 bits per heavy atom. The van der Waals surface area contributed by atoms with Crippen LogP contribution >= 0.6 is 23.5 Å². The molecule has 0 unspecified atom stereocenters. The minimum Gasteiger partial charge on any atom is -0.317 e. The summed E-state index contributed by atoms with van der Waals surface area (Å²) in [5.41, 5.74) is 9.49. The van der Waals surface area contributed by atoms with Crippen LogP contribution in [-0.2, 0) is 19.4 Å². The number of aromatic nitrogens is 1. The number of nitrogens with one attached hydrogen (secondary N) is 1. The maximum atomic E-state index is 14.1. The number of thioether (sulfide) groups is 2. The number of fused-ring (bicyclic) bond motifs is 1. The number of hydrogen-bond donors (Lipinski definition) is 1. The molecule has 4 nitrogen and oxygen atoms in total. The first-order valence-corrected chi connectivity index (χ1v) is 14.8. The molecule has 1 aliphatic rings. The first kappa shape index (κ1) is 26.6. The summed E-state index contributed by atoms with van der Waals surface area (Å²) in [5, 5.41) is 4.24. The predicted octanol–water partition coefficient (Wildman–Crippen LogP) is 7.74. The van der Waals surface area contributed by atoms with E-state index in [2.05, 4.69) is 87.3 Å². The quantitative estimate of drug-likeness (QED) is 0.309. The summed E-state index contributed by atoms with van der Waals surface area (Å²) >= 11 is 3.44. The molecule has 4 rings (SSSR count). The molecule has 6 heteroatoms. The fourth-order valence-electron chi connectivity index (χ4n) is 5.17. The summed E-state index contributed by atoms with van der Waals surface area (Å²) in [6.07, 6.45) is 1.76. The zero-order valence-corrected chi connectivity index (χ0v) is 23.9. The van der Waals surface area contributed by atoms with Crippen LogP contribution in [0.1, 0.15) is 52.9 Å². The molecule has 0 atom stereocenters. The van der Waals surface area contributed by atoms with E-state index in [1.165, 1.54) is 33.4 Å². The fraction of sp³-hybridized carbons (Fsp3) is 0.400. The summed E-state index contributed by atoms with van der Waals surface area (Å²) < 4.78 is 0. The Morgan fingerprint density at radius 2 is 1.58 bits per heavy atom. The van der Waals surface area contributed by atoms with Gasteiger partial charge in [-0.05, 0) is 85.9 Å². The Labute approximate surface area is 224 Å². The average molecular weight is 520 g/mol. The Morgan fingerprint density at radius 3 is 2.17 bits per heavy atom. The van der Waals surface area contributed by atoms with Crippen molar-refractivity contribution in [2.45, 2.75) is 76.9 Å². The van der Waals surface area contributed by atoms with Crippen molar-refractivity contribution in [2.75, 3.05) is 16.8 Å². The zero-order valence-electron chi connectivity index (χ0n) is 22.3. The van der Waals surface area contributed by atoms with Gasteiger partial charge >= 0.3 is 6.03 Å². The lowest BCUT2D eigenvalue weighted by Gasteiger charge is -2.31. The van der Waals surface area contributed by atoms with Crippen LogP contribution in [0.4, 0.5) is 10.5 Å². The monoisotopic (exact) mass is 519 g/mol. The van der Waals surface area contributed by atoms with E-state index in [1.54, 1.807) is 23.5 Å². The Hall–Kier alpha value is -2.44. The largest absolute Gasteiger partial charge is 0.322 e. The molecule has 0 saturated heterocycles. The maximum Gasteiger partial charge on any atom is 0.322 e. The SMILES string of the molecule is CCSc1cc(C)nc(SCC)c1NC(=O)N(Cc1c(C)cc(C)cc1C)C1Cc2ccccc2C1. The molecule has 36 heavy (non-hydrogen) atoms. The van der Waals surface area contributed by atoms with Crippen LogP contribution in [-0.4, -0.2) is 33.5 Å². The third-order valence-electron chi connectivity index (χ3n) is 6.79. The van der Waals surface area contributed by atoms with Crippen molar-refractivity contribution in [3.05, 3.63) is 81.5 Å². The Bertz CT molecular complexity index is 1180. The highest BCUT2D eigenvalue weighted by Crippen LogP contribution is 2.36. The molecular formula is C30H37N3OS2. The number of carbonyl (C=O) groups is 1. The normalized spacial score (nSPS) is 13.1. The third kappa shape index (κ3) is 5.92. The number of amides is 2. The maximum absolute atomic E-state index is 14.1. The van der Waals surface area contributed by atoms with Crippen LogP contribution in [0.5, 0.6) is 0 Å².